The number of para-hydroxylation sites is 5. The molecule has 0 aromatic heterocycles. The van der Waals surface area contributed by atoms with Gasteiger partial charge in [-0.15, -0.1) is 0 Å². The minimum absolute atomic E-state index is 0.574. The van der Waals surface area contributed by atoms with Crippen LogP contribution >= 0.6 is 0 Å². The van der Waals surface area contributed by atoms with Crippen LogP contribution in [-0.4, -0.2) is 8.07 Å². The van der Waals surface area contributed by atoms with E-state index < -0.39 is 13.5 Å². The fourth-order valence-corrected chi connectivity index (χ4v) is 17.8. The molecule has 62 heavy (non-hydrogen) atoms. The van der Waals surface area contributed by atoms with Crippen molar-refractivity contribution in [2.24, 2.45) is 0 Å². The highest BCUT2D eigenvalue weighted by molar-refractivity contribution is 7.24. The summed E-state index contributed by atoms with van der Waals surface area (Å²) in [5, 5.41) is 8.55. The Morgan fingerprint density at radius 1 is 0.274 bits per heavy atom. The topological polar surface area (TPSA) is 6.48 Å². The van der Waals surface area contributed by atoms with Gasteiger partial charge in [0.05, 0.1) is 28.2 Å². The second-order valence-electron chi connectivity index (χ2n) is 17.1. The molecule has 4 heterocycles. The molecule has 0 N–H and O–H groups in total. The first-order valence-electron chi connectivity index (χ1n) is 21.7. The van der Waals surface area contributed by atoms with E-state index in [-0.39, 0.29) is 0 Å². The Balaban J connectivity index is 1.05. The van der Waals surface area contributed by atoms with Crippen LogP contribution in [0.15, 0.2) is 231 Å². The lowest BCUT2D eigenvalue weighted by Gasteiger charge is -2.51. The number of hydrogen-bond acceptors (Lipinski definition) is 2. The van der Waals surface area contributed by atoms with Crippen molar-refractivity contribution in [1.82, 2.24) is 0 Å². The quantitative estimate of drug-likeness (QED) is 0.161. The van der Waals surface area contributed by atoms with Gasteiger partial charge in [-0.05, 0) is 131 Å². The molecule has 288 valence electrons. The molecule has 1 unspecified atom stereocenters. The van der Waals surface area contributed by atoms with Crippen LogP contribution in [0.5, 0.6) is 0 Å². The molecule has 3 heteroatoms. The van der Waals surface area contributed by atoms with Gasteiger partial charge in [-0.3, -0.25) is 0 Å². The molecule has 4 aliphatic rings. The molecular weight excluding hydrogens is 765 g/mol. The van der Waals surface area contributed by atoms with E-state index in [0.717, 1.165) is 5.69 Å². The van der Waals surface area contributed by atoms with E-state index >= 15 is 0 Å². The molecule has 0 radical (unpaired) electrons. The molecular formula is C59H38N2Si. The third-order valence-electron chi connectivity index (χ3n) is 14.4. The van der Waals surface area contributed by atoms with E-state index in [9.17, 15) is 0 Å². The van der Waals surface area contributed by atoms with Crippen LogP contribution in [0.3, 0.4) is 0 Å². The molecule has 4 aliphatic heterocycles. The zero-order chi connectivity index (χ0) is 40.6. The third-order valence-corrected chi connectivity index (χ3v) is 19.3. The molecule has 0 fully saturated rings. The molecule has 0 saturated heterocycles. The summed E-state index contributed by atoms with van der Waals surface area (Å²) in [4.78, 5) is 5.02. The molecule has 0 saturated carbocycles. The summed E-state index contributed by atoms with van der Waals surface area (Å²) in [6.45, 7) is 0. The SMILES string of the molecule is c1ccc(N2c3ccccc3C3(c4ccccc42)c2ccccc2N(c2ccc4c(c2)[Si]2(c5ccccc5-4)c4ccccc4-c4cc5ccccc5cc42)c2ccccc23)cc1. The maximum absolute atomic E-state index is 2.75. The van der Waals surface area contributed by atoms with Crippen molar-refractivity contribution in [3.8, 4) is 22.3 Å². The van der Waals surface area contributed by atoms with E-state index in [0.29, 0.717) is 0 Å². The number of nitrogens with zero attached hydrogens (tertiary/aromatic N) is 2. The van der Waals surface area contributed by atoms with E-state index in [1.165, 1.54) is 104 Å². The number of rotatable bonds is 2. The normalized spacial score (nSPS) is 16.5. The van der Waals surface area contributed by atoms with E-state index in [1.54, 1.807) is 0 Å². The third kappa shape index (κ3) is 4.14. The monoisotopic (exact) mass is 802 g/mol. The van der Waals surface area contributed by atoms with Gasteiger partial charge in [0, 0.05) is 11.4 Å². The highest BCUT2D eigenvalue weighted by Gasteiger charge is 2.55. The predicted octanol–water partition coefficient (Wildman–Crippen LogP) is 12.1. The summed E-state index contributed by atoms with van der Waals surface area (Å²) < 4.78 is 0. The molecule has 2 spiro atoms. The van der Waals surface area contributed by atoms with E-state index in [2.05, 4.69) is 240 Å². The Hall–Kier alpha value is -7.72. The number of fused-ring (bicyclic) bond motifs is 19. The van der Waals surface area contributed by atoms with Crippen molar-refractivity contribution < 1.29 is 0 Å². The first-order chi connectivity index (χ1) is 30.8. The summed E-state index contributed by atoms with van der Waals surface area (Å²) in [5.41, 5.74) is 17.2. The second kappa shape index (κ2) is 12.4. The first-order valence-corrected chi connectivity index (χ1v) is 23.7. The average Bonchev–Trinajstić information content (AvgIpc) is 3.80. The van der Waals surface area contributed by atoms with Gasteiger partial charge in [0.25, 0.3) is 0 Å². The number of anilines is 6. The van der Waals surface area contributed by atoms with Crippen LogP contribution in [0.4, 0.5) is 34.1 Å². The average molecular weight is 803 g/mol. The van der Waals surface area contributed by atoms with E-state index in [1.807, 2.05) is 0 Å². The van der Waals surface area contributed by atoms with Crippen LogP contribution in [-0.2, 0) is 5.41 Å². The number of benzene rings is 10. The molecule has 0 amide bonds. The van der Waals surface area contributed by atoms with Crippen molar-refractivity contribution in [3.63, 3.8) is 0 Å². The van der Waals surface area contributed by atoms with Crippen LogP contribution in [0, 0.1) is 0 Å². The van der Waals surface area contributed by atoms with Gasteiger partial charge in [-0.1, -0.05) is 176 Å². The van der Waals surface area contributed by atoms with Crippen LogP contribution in [0.1, 0.15) is 22.3 Å². The molecule has 0 bridgehead atoms. The lowest BCUT2D eigenvalue weighted by atomic mass is 9.60. The fourth-order valence-electron chi connectivity index (χ4n) is 12.2. The summed E-state index contributed by atoms with van der Waals surface area (Å²) in [7, 11) is -2.75. The van der Waals surface area contributed by atoms with Crippen molar-refractivity contribution in [1.29, 1.82) is 0 Å². The Kier molecular flexibility index (Phi) is 6.82. The zero-order valence-electron chi connectivity index (χ0n) is 33.8. The standard InChI is InChI=1S/C59H38N2Si/c1-2-20-41(21-3-1)60-51-28-12-8-24-47(51)59(48-25-9-13-29-52(48)60)49-26-10-14-30-53(49)61(54-31-15-11-27-50(54)59)42-34-35-45-43-22-6-16-32-55(43)62(58(45)38-42)56-33-17-7-23-44(56)46-36-39-18-4-5-19-40(39)37-57(46)62/h1-38H. The highest BCUT2D eigenvalue weighted by Crippen LogP contribution is 2.64. The Bertz CT molecular complexity index is 3420. The minimum atomic E-state index is -2.75. The fraction of sp³-hybridized carbons (Fsp3) is 0.0169. The summed E-state index contributed by atoms with van der Waals surface area (Å²) >= 11 is 0. The second-order valence-corrected chi connectivity index (χ2v) is 20.8. The van der Waals surface area contributed by atoms with Gasteiger partial charge < -0.3 is 9.80 Å². The van der Waals surface area contributed by atoms with Crippen molar-refractivity contribution in [3.05, 3.63) is 253 Å². The predicted molar refractivity (Wildman–Crippen MR) is 260 cm³/mol. The molecule has 2 nitrogen and oxygen atoms in total. The van der Waals surface area contributed by atoms with Crippen molar-refractivity contribution in [2.75, 3.05) is 9.80 Å². The summed E-state index contributed by atoms with van der Waals surface area (Å²) in [6.07, 6.45) is 0. The summed E-state index contributed by atoms with van der Waals surface area (Å²) in [5.74, 6) is 0. The smallest absolute Gasteiger partial charge is 0.182 e. The lowest BCUT2D eigenvalue weighted by Crippen LogP contribution is -2.70. The Morgan fingerprint density at radius 2 is 0.677 bits per heavy atom. The van der Waals surface area contributed by atoms with Crippen LogP contribution < -0.4 is 30.5 Å². The van der Waals surface area contributed by atoms with Crippen LogP contribution in [0.25, 0.3) is 33.0 Å². The van der Waals surface area contributed by atoms with Crippen LogP contribution in [0.2, 0.25) is 0 Å². The van der Waals surface area contributed by atoms with Gasteiger partial charge in [-0.2, -0.15) is 0 Å². The van der Waals surface area contributed by atoms with Gasteiger partial charge in [0.2, 0.25) is 0 Å². The first kappa shape index (κ1) is 34.0. The van der Waals surface area contributed by atoms with Crippen molar-refractivity contribution >= 4 is 73.7 Å². The van der Waals surface area contributed by atoms with E-state index in [4.69, 9.17) is 0 Å². The Labute approximate surface area is 362 Å². The van der Waals surface area contributed by atoms with Gasteiger partial charge in [0.1, 0.15) is 0 Å². The molecule has 14 rings (SSSR count). The molecule has 10 aromatic carbocycles. The molecule has 0 aliphatic carbocycles. The minimum Gasteiger partial charge on any atom is -0.310 e. The van der Waals surface area contributed by atoms with Gasteiger partial charge in [0.15, 0.2) is 8.07 Å². The lowest BCUT2D eigenvalue weighted by molar-refractivity contribution is 0.719. The largest absolute Gasteiger partial charge is 0.310 e. The van der Waals surface area contributed by atoms with Crippen molar-refractivity contribution in [2.45, 2.75) is 5.41 Å². The molecule has 10 aromatic rings. The maximum atomic E-state index is 2.59. The van der Waals surface area contributed by atoms with Gasteiger partial charge in [-0.25, -0.2) is 0 Å². The van der Waals surface area contributed by atoms with Gasteiger partial charge >= 0.3 is 0 Å². The molecule has 1 atom stereocenters. The summed E-state index contributed by atoms with van der Waals surface area (Å²) in [6, 6.07) is 87.3. The maximum Gasteiger partial charge on any atom is 0.182 e. The zero-order valence-corrected chi connectivity index (χ0v) is 34.8. The highest BCUT2D eigenvalue weighted by atomic mass is 28.3. The number of hydrogen-bond donors (Lipinski definition) is 0. The Morgan fingerprint density at radius 3 is 1.24 bits per heavy atom.